The lowest BCUT2D eigenvalue weighted by Gasteiger charge is -2.15. The minimum atomic E-state index is -0.123. The molecule has 100 valence electrons. The number of halogens is 1. The minimum Gasteiger partial charge on any atom is -0.457 e. The van der Waals surface area contributed by atoms with Gasteiger partial charge in [0, 0.05) is 6.04 Å². The Labute approximate surface area is 121 Å². The maximum atomic E-state index is 12.0. The largest absolute Gasteiger partial charge is 0.457 e. The number of amides is 1. The molecular weight excluding hydrogens is 306 g/mol. The Kier molecular flexibility index (Phi) is 4.43. The number of carbonyl (C=O) groups excluding carboxylic acids is 1. The summed E-state index contributed by atoms with van der Waals surface area (Å²) in [6.45, 7) is 4.08. The molecule has 0 radical (unpaired) electrons. The molecule has 3 nitrogen and oxygen atoms in total. The summed E-state index contributed by atoms with van der Waals surface area (Å²) in [5, 5.41) is 2.97. The average Bonchev–Trinajstić information content (AvgIpc) is 2.78. The van der Waals surface area contributed by atoms with Crippen molar-refractivity contribution in [1.82, 2.24) is 5.32 Å². The number of aryl methyl sites for hydroxylation is 1. The molecule has 1 atom stereocenters. The zero-order chi connectivity index (χ0) is 13.8. The van der Waals surface area contributed by atoms with Crippen LogP contribution in [0.4, 0.5) is 0 Å². The third-order valence-corrected chi connectivity index (χ3v) is 3.64. The zero-order valence-electron chi connectivity index (χ0n) is 10.9. The van der Waals surface area contributed by atoms with E-state index in [1.54, 1.807) is 6.07 Å². The highest BCUT2D eigenvalue weighted by molar-refractivity contribution is 9.10. The number of hydrogen-bond acceptors (Lipinski definition) is 2. The van der Waals surface area contributed by atoms with Crippen LogP contribution in [0.25, 0.3) is 0 Å². The van der Waals surface area contributed by atoms with Gasteiger partial charge < -0.3 is 9.73 Å². The van der Waals surface area contributed by atoms with Crippen molar-refractivity contribution >= 4 is 21.8 Å². The molecule has 1 heterocycles. The van der Waals surface area contributed by atoms with Crippen LogP contribution in [0, 0.1) is 6.92 Å². The van der Waals surface area contributed by atoms with Crippen LogP contribution in [0.3, 0.4) is 0 Å². The second-order valence-corrected chi connectivity index (χ2v) is 5.33. The molecule has 0 bridgehead atoms. The Morgan fingerprint density at radius 2 is 2.11 bits per heavy atom. The van der Waals surface area contributed by atoms with Crippen molar-refractivity contribution in [3.63, 3.8) is 0 Å². The fraction of sp³-hybridized carbons (Fsp3) is 0.267. The molecule has 1 amide bonds. The van der Waals surface area contributed by atoms with E-state index in [0.29, 0.717) is 10.2 Å². The molecule has 0 spiro atoms. The molecule has 0 fully saturated rings. The number of benzene rings is 1. The van der Waals surface area contributed by atoms with Gasteiger partial charge in [-0.25, -0.2) is 0 Å². The monoisotopic (exact) mass is 321 g/mol. The molecule has 0 aliphatic rings. The number of carbonyl (C=O) groups is 1. The fourth-order valence-corrected chi connectivity index (χ4v) is 2.40. The molecule has 19 heavy (non-hydrogen) atoms. The number of nitrogens with one attached hydrogen (secondary N) is 1. The van der Waals surface area contributed by atoms with E-state index in [1.807, 2.05) is 19.1 Å². The van der Waals surface area contributed by atoms with Gasteiger partial charge in [-0.05, 0) is 53.4 Å². The molecule has 0 saturated heterocycles. The first-order valence-corrected chi connectivity index (χ1v) is 6.95. The molecule has 4 heteroatoms. The van der Waals surface area contributed by atoms with Crippen LogP contribution in [0.5, 0.6) is 0 Å². The third kappa shape index (κ3) is 3.47. The Morgan fingerprint density at radius 3 is 2.74 bits per heavy atom. The lowest BCUT2D eigenvalue weighted by atomic mass is 10.0. The van der Waals surface area contributed by atoms with E-state index in [-0.39, 0.29) is 11.9 Å². The second kappa shape index (κ2) is 6.06. The summed E-state index contributed by atoms with van der Waals surface area (Å²) in [5.74, 6) is -0.123. The molecule has 2 rings (SSSR count). The van der Waals surface area contributed by atoms with Gasteiger partial charge >= 0.3 is 0 Å². The maximum absolute atomic E-state index is 12.0. The molecule has 0 aliphatic heterocycles. The predicted octanol–water partition coefficient (Wildman–Crippen LogP) is 3.71. The Bertz CT molecular complexity index is 577. The highest BCUT2D eigenvalue weighted by Gasteiger charge is 2.15. The van der Waals surface area contributed by atoms with Gasteiger partial charge in [0.25, 0.3) is 5.91 Å². The van der Waals surface area contributed by atoms with E-state index < -0.39 is 0 Å². The molecule has 2 aromatic rings. The fourth-order valence-electron chi connectivity index (χ4n) is 1.98. The lowest BCUT2D eigenvalue weighted by Crippen LogP contribution is -2.34. The van der Waals surface area contributed by atoms with Gasteiger partial charge in [0.05, 0.1) is 11.8 Å². The Balaban J connectivity index is 1.99. The first kappa shape index (κ1) is 13.9. The van der Waals surface area contributed by atoms with Crippen LogP contribution in [0.1, 0.15) is 28.4 Å². The van der Waals surface area contributed by atoms with Gasteiger partial charge in [0.2, 0.25) is 0 Å². The maximum Gasteiger partial charge on any atom is 0.255 e. The Hall–Kier alpha value is -1.55. The van der Waals surface area contributed by atoms with Crippen molar-refractivity contribution in [1.29, 1.82) is 0 Å². The summed E-state index contributed by atoms with van der Waals surface area (Å²) in [6, 6.07) is 9.92. The van der Waals surface area contributed by atoms with Crippen molar-refractivity contribution in [3.05, 3.63) is 58.0 Å². The van der Waals surface area contributed by atoms with Crippen molar-refractivity contribution in [2.75, 3.05) is 0 Å². The molecule has 1 N–H and O–H groups in total. The molecular formula is C15H16BrNO2. The van der Waals surface area contributed by atoms with Gasteiger partial charge in [0.1, 0.15) is 0 Å². The molecule has 1 aromatic heterocycles. The lowest BCUT2D eigenvalue weighted by molar-refractivity contribution is 0.0938. The minimum absolute atomic E-state index is 0.0652. The van der Waals surface area contributed by atoms with Gasteiger partial charge in [-0.15, -0.1) is 0 Å². The van der Waals surface area contributed by atoms with Crippen molar-refractivity contribution in [3.8, 4) is 0 Å². The van der Waals surface area contributed by atoms with E-state index in [1.165, 1.54) is 17.4 Å². The molecule has 1 aromatic carbocycles. The average molecular weight is 322 g/mol. The van der Waals surface area contributed by atoms with E-state index in [9.17, 15) is 4.79 Å². The topological polar surface area (TPSA) is 42.2 Å². The van der Waals surface area contributed by atoms with Gasteiger partial charge in [0.15, 0.2) is 4.67 Å². The summed E-state index contributed by atoms with van der Waals surface area (Å²) >= 11 is 3.21. The number of furan rings is 1. The van der Waals surface area contributed by atoms with Crippen LogP contribution in [-0.4, -0.2) is 11.9 Å². The normalized spacial score (nSPS) is 12.2. The van der Waals surface area contributed by atoms with Crippen molar-refractivity contribution in [2.45, 2.75) is 26.3 Å². The molecule has 0 saturated carbocycles. The van der Waals surface area contributed by atoms with E-state index in [4.69, 9.17) is 4.42 Å². The molecule has 1 unspecified atom stereocenters. The summed E-state index contributed by atoms with van der Waals surface area (Å²) in [7, 11) is 0. The van der Waals surface area contributed by atoms with Crippen LogP contribution in [-0.2, 0) is 6.42 Å². The van der Waals surface area contributed by atoms with Gasteiger partial charge in [-0.2, -0.15) is 0 Å². The van der Waals surface area contributed by atoms with Gasteiger partial charge in [-0.1, -0.05) is 24.3 Å². The summed E-state index contributed by atoms with van der Waals surface area (Å²) in [6.07, 6.45) is 2.30. The van der Waals surface area contributed by atoms with Crippen LogP contribution in [0.15, 0.2) is 45.7 Å². The van der Waals surface area contributed by atoms with Gasteiger partial charge in [-0.3, -0.25) is 4.79 Å². The number of hydrogen-bond donors (Lipinski definition) is 1. The van der Waals surface area contributed by atoms with Crippen LogP contribution < -0.4 is 5.32 Å². The first-order valence-electron chi connectivity index (χ1n) is 6.16. The van der Waals surface area contributed by atoms with E-state index >= 15 is 0 Å². The first-order chi connectivity index (χ1) is 9.08. The summed E-state index contributed by atoms with van der Waals surface area (Å²) in [5.41, 5.74) is 3.02. The standard InChI is InChI=1S/C15H16BrNO2/c1-10-5-3-4-6-12(10)9-11(2)17-15(18)13-7-8-19-14(13)16/h3-8,11H,9H2,1-2H3,(H,17,18). The smallest absolute Gasteiger partial charge is 0.255 e. The summed E-state index contributed by atoms with van der Waals surface area (Å²) in [4.78, 5) is 12.0. The number of rotatable bonds is 4. The van der Waals surface area contributed by atoms with Crippen molar-refractivity contribution in [2.24, 2.45) is 0 Å². The Morgan fingerprint density at radius 1 is 1.37 bits per heavy atom. The highest BCUT2D eigenvalue weighted by atomic mass is 79.9. The van der Waals surface area contributed by atoms with E-state index in [0.717, 1.165) is 6.42 Å². The van der Waals surface area contributed by atoms with E-state index in [2.05, 4.69) is 40.3 Å². The summed E-state index contributed by atoms with van der Waals surface area (Å²) < 4.78 is 5.53. The second-order valence-electron chi connectivity index (χ2n) is 4.61. The zero-order valence-corrected chi connectivity index (χ0v) is 12.5. The highest BCUT2D eigenvalue weighted by Crippen LogP contribution is 2.17. The quantitative estimate of drug-likeness (QED) is 0.932. The predicted molar refractivity (Wildman–Crippen MR) is 78.2 cm³/mol. The third-order valence-electron chi connectivity index (χ3n) is 3.03. The van der Waals surface area contributed by atoms with Crippen molar-refractivity contribution < 1.29 is 9.21 Å². The SMILES string of the molecule is Cc1ccccc1CC(C)NC(=O)c1ccoc1Br. The van der Waals surface area contributed by atoms with Crippen LogP contribution >= 0.6 is 15.9 Å². The van der Waals surface area contributed by atoms with Crippen LogP contribution in [0.2, 0.25) is 0 Å². The molecule has 0 aliphatic carbocycles.